The molecule has 0 aliphatic carbocycles. The molecule has 0 aromatic rings. The van der Waals surface area contributed by atoms with E-state index in [2.05, 4.69) is 13.8 Å². The minimum atomic E-state index is -4.36. The number of nitrogens with two attached hydrogens (primary N) is 1. The third-order valence-electron chi connectivity index (χ3n) is 9.49. The van der Waals surface area contributed by atoms with Crippen molar-refractivity contribution in [3.05, 3.63) is 0 Å². The zero-order valence-electron chi connectivity index (χ0n) is 33.4. The number of carbonyl (C=O) groups excluding carboxylic acids is 2. The van der Waals surface area contributed by atoms with Crippen LogP contribution in [0.4, 0.5) is 0 Å². The molecule has 0 rings (SSSR count). The number of ether oxygens (including phenoxy) is 2. The molecule has 0 heterocycles. The number of carbonyl (C=O) groups is 2. The van der Waals surface area contributed by atoms with E-state index in [-0.39, 0.29) is 38.6 Å². The van der Waals surface area contributed by atoms with Gasteiger partial charge in [-0.3, -0.25) is 18.6 Å². The van der Waals surface area contributed by atoms with Gasteiger partial charge in [0.15, 0.2) is 6.10 Å². The zero-order chi connectivity index (χ0) is 37.5. The highest BCUT2D eigenvalue weighted by atomic mass is 31.2. The van der Waals surface area contributed by atoms with E-state index >= 15 is 0 Å². The first-order chi connectivity index (χ1) is 24.8. The van der Waals surface area contributed by atoms with Crippen LogP contribution < -0.4 is 5.73 Å². The van der Waals surface area contributed by atoms with Crippen molar-refractivity contribution in [3.8, 4) is 0 Å². The summed E-state index contributed by atoms with van der Waals surface area (Å²) in [6, 6.07) is 0. The quantitative estimate of drug-likeness (QED) is 0.0356. The first-order valence-corrected chi connectivity index (χ1v) is 23.0. The van der Waals surface area contributed by atoms with Crippen LogP contribution in [0.3, 0.4) is 0 Å². The molecule has 0 aliphatic rings. The standard InChI is InChI=1S/C41H82NO8P/c1-3-5-7-9-11-13-15-16-17-18-19-20-21-22-23-24-26-28-30-32-34-41(44)50-39(38-49-51(45,46)48-36-35-42)37-47-40(43)33-31-29-27-25-14-12-10-8-6-4-2/h39H,3-38,42H2,1-2H3,(H,45,46)/t39-/m1/s1. The summed E-state index contributed by atoms with van der Waals surface area (Å²) in [7, 11) is -4.36. The maximum absolute atomic E-state index is 12.6. The highest BCUT2D eigenvalue weighted by Gasteiger charge is 2.26. The van der Waals surface area contributed by atoms with E-state index in [1.807, 2.05) is 0 Å². The van der Waals surface area contributed by atoms with Crippen molar-refractivity contribution in [2.75, 3.05) is 26.4 Å². The zero-order valence-corrected chi connectivity index (χ0v) is 34.3. The highest BCUT2D eigenvalue weighted by Crippen LogP contribution is 2.43. The molecule has 1 unspecified atom stereocenters. The molecule has 0 aromatic heterocycles. The lowest BCUT2D eigenvalue weighted by molar-refractivity contribution is -0.161. The molecular weight excluding hydrogens is 665 g/mol. The van der Waals surface area contributed by atoms with Crippen LogP contribution in [0.15, 0.2) is 0 Å². The molecule has 304 valence electrons. The molecular formula is C41H82NO8P. The van der Waals surface area contributed by atoms with E-state index in [0.29, 0.717) is 6.42 Å². The van der Waals surface area contributed by atoms with E-state index in [4.69, 9.17) is 24.3 Å². The summed E-state index contributed by atoms with van der Waals surface area (Å²) < 4.78 is 32.7. The van der Waals surface area contributed by atoms with Gasteiger partial charge in [0, 0.05) is 19.4 Å². The van der Waals surface area contributed by atoms with Gasteiger partial charge in [-0.1, -0.05) is 194 Å². The van der Waals surface area contributed by atoms with Gasteiger partial charge in [-0.2, -0.15) is 0 Å². The minimum absolute atomic E-state index is 0.0579. The summed E-state index contributed by atoms with van der Waals surface area (Å²) >= 11 is 0. The molecule has 0 amide bonds. The average molecular weight is 748 g/mol. The van der Waals surface area contributed by atoms with Gasteiger partial charge >= 0.3 is 19.8 Å². The van der Waals surface area contributed by atoms with Crippen molar-refractivity contribution in [2.45, 2.75) is 225 Å². The van der Waals surface area contributed by atoms with Crippen LogP contribution in [0, 0.1) is 0 Å². The highest BCUT2D eigenvalue weighted by molar-refractivity contribution is 7.47. The molecule has 0 aromatic carbocycles. The first kappa shape index (κ1) is 50.0. The number of hydrogen-bond donors (Lipinski definition) is 2. The normalized spacial score (nSPS) is 13.3. The van der Waals surface area contributed by atoms with Crippen molar-refractivity contribution in [1.82, 2.24) is 0 Å². The predicted molar refractivity (Wildman–Crippen MR) is 211 cm³/mol. The number of hydrogen-bond acceptors (Lipinski definition) is 8. The van der Waals surface area contributed by atoms with Crippen LogP contribution in [-0.2, 0) is 32.7 Å². The molecule has 9 nitrogen and oxygen atoms in total. The molecule has 0 radical (unpaired) electrons. The lowest BCUT2D eigenvalue weighted by Crippen LogP contribution is -2.29. The Balaban J connectivity index is 4.04. The molecule has 0 fully saturated rings. The molecule has 0 aliphatic heterocycles. The predicted octanol–water partition coefficient (Wildman–Crippen LogP) is 12.1. The van der Waals surface area contributed by atoms with Crippen LogP contribution in [0.5, 0.6) is 0 Å². The van der Waals surface area contributed by atoms with Crippen molar-refractivity contribution >= 4 is 19.8 Å². The van der Waals surface area contributed by atoms with E-state index in [0.717, 1.165) is 32.1 Å². The first-order valence-electron chi connectivity index (χ1n) is 21.5. The van der Waals surface area contributed by atoms with Crippen LogP contribution in [0.1, 0.15) is 219 Å². The van der Waals surface area contributed by atoms with E-state index < -0.39 is 26.5 Å². The summed E-state index contributed by atoms with van der Waals surface area (Å²) in [5.74, 6) is -0.816. The topological polar surface area (TPSA) is 134 Å². The van der Waals surface area contributed by atoms with Crippen molar-refractivity contribution in [3.63, 3.8) is 0 Å². The van der Waals surface area contributed by atoms with Crippen molar-refractivity contribution < 1.29 is 37.6 Å². The Morgan fingerprint density at radius 3 is 1.20 bits per heavy atom. The number of phosphoric ester groups is 1. The molecule has 0 spiro atoms. The maximum atomic E-state index is 12.6. The van der Waals surface area contributed by atoms with Crippen LogP contribution in [0.2, 0.25) is 0 Å². The van der Waals surface area contributed by atoms with Gasteiger partial charge in [0.05, 0.1) is 13.2 Å². The third kappa shape index (κ3) is 38.5. The van der Waals surface area contributed by atoms with Crippen molar-refractivity contribution in [2.24, 2.45) is 5.73 Å². The fourth-order valence-electron chi connectivity index (χ4n) is 6.28. The van der Waals surface area contributed by atoms with E-state index in [1.54, 1.807) is 0 Å². The van der Waals surface area contributed by atoms with Gasteiger partial charge in [0.25, 0.3) is 0 Å². The number of unbranched alkanes of at least 4 members (excludes halogenated alkanes) is 28. The monoisotopic (exact) mass is 748 g/mol. The molecule has 51 heavy (non-hydrogen) atoms. The second-order valence-electron chi connectivity index (χ2n) is 14.6. The fraction of sp³-hybridized carbons (Fsp3) is 0.951. The number of esters is 2. The fourth-order valence-corrected chi connectivity index (χ4v) is 7.05. The summed E-state index contributed by atoms with van der Waals surface area (Å²) in [5, 5.41) is 0. The Bertz CT molecular complexity index is 815. The Hall–Kier alpha value is -0.990. The second-order valence-corrected chi connectivity index (χ2v) is 16.0. The van der Waals surface area contributed by atoms with Crippen LogP contribution >= 0.6 is 7.82 Å². The molecule has 10 heteroatoms. The summed E-state index contributed by atoms with van der Waals surface area (Å²) in [6.45, 7) is 3.75. The van der Waals surface area contributed by atoms with Crippen LogP contribution in [-0.4, -0.2) is 49.3 Å². The van der Waals surface area contributed by atoms with Gasteiger partial charge in [-0.25, -0.2) is 4.57 Å². The lowest BCUT2D eigenvalue weighted by Gasteiger charge is -2.19. The molecule has 0 saturated heterocycles. The smallest absolute Gasteiger partial charge is 0.462 e. The number of phosphoric acid groups is 1. The van der Waals surface area contributed by atoms with Gasteiger partial charge < -0.3 is 20.1 Å². The minimum Gasteiger partial charge on any atom is -0.462 e. The second kappa shape index (κ2) is 38.7. The van der Waals surface area contributed by atoms with Gasteiger partial charge in [-0.15, -0.1) is 0 Å². The Morgan fingerprint density at radius 2 is 0.843 bits per heavy atom. The molecule has 0 bridgehead atoms. The Morgan fingerprint density at radius 1 is 0.510 bits per heavy atom. The van der Waals surface area contributed by atoms with Crippen LogP contribution in [0.25, 0.3) is 0 Å². The summed E-state index contributed by atoms with van der Waals surface area (Å²) in [5.41, 5.74) is 5.34. The molecule has 2 atom stereocenters. The third-order valence-corrected chi connectivity index (χ3v) is 10.5. The van der Waals surface area contributed by atoms with Gasteiger partial charge in [0.2, 0.25) is 0 Å². The largest absolute Gasteiger partial charge is 0.472 e. The Labute approximate surface area is 314 Å². The molecule has 0 saturated carbocycles. The SMILES string of the molecule is CCCCCCCCCCCCCCCCCCCCCCC(=O)O[C@H](COC(=O)CCCCCCCCCCCC)COP(=O)(O)OCCN. The number of rotatable bonds is 41. The average Bonchev–Trinajstić information content (AvgIpc) is 3.11. The Kier molecular flexibility index (Phi) is 38.0. The van der Waals surface area contributed by atoms with E-state index in [1.165, 1.54) is 154 Å². The molecule has 3 N–H and O–H groups in total. The lowest BCUT2D eigenvalue weighted by atomic mass is 10.0. The summed E-state index contributed by atoms with van der Waals surface area (Å²) in [6.07, 6.45) is 37.1. The maximum Gasteiger partial charge on any atom is 0.472 e. The van der Waals surface area contributed by atoms with Crippen molar-refractivity contribution in [1.29, 1.82) is 0 Å². The van der Waals surface area contributed by atoms with Gasteiger partial charge in [-0.05, 0) is 12.8 Å². The summed E-state index contributed by atoms with van der Waals surface area (Å²) in [4.78, 5) is 34.7. The van der Waals surface area contributed by atoms with Gasteiger partial charge in [0.1, 0.15) is 6.61 Å². The van der Waals surface area contributed by atoms with E-state index in [9.17, 15) is 19.0 Å².